The fourth-order valence-corrected chi connectivity index (χ4v) is 1.94. The summed E-state index contributed by atoms with van der Waals surface area (Å²) < 4.78 is 14.0. The molecule has 2 nitrogen and oxygen atoms in total. The highest BCUT2D eigenvalue weighted by atomic mass is 19.1. The summed E-state index contributed by atoms with van der Waals surface area (Å²) in [5, 5.41) is 0. The first kappa shape index (κ1) is 14.0. The minimum absolute atomic E-state index is 0.128. The van der Waals surface area contributed by atoms with Crippen molar-refractivity contribution in [2.24, 2.45) is 5.73 Å². The molecule has 0 aliphatic rings. The van der Waals surface area contributed by atoms with E-state index in [4.69, 9.17) is 5.73 Å². The number of halogens is 1. The molecule has 0 saturated heterocycles. The van der Waals surface area contributed by atoms with Gasteiger partial charge < -0.3 is 10.6 Å². The Balaban J connectivity index is 3.04. The third kappa shape index (κ3) is 3.43. The average Bonchev–Trinajstić information content (AvgIpc) is 2.26. The molecule has 0 aliphatic heterocycles. The van der Waals surface area contributed by atoms with Crippen molar-refractivity contribution in [3.05, 3.63) is 29.6 Å². The van der Waals surface area contributed by atoms with Gasteiger partial charge in [0.1, 0.15) is 5.82 Å². The molecule has 1 aromatic rings. The lowest BCUT2D eigenvalue weighted by Crippen LogP contribution is -2.32. The van der Waals surface area contributed by atoms with E-state index in [1.807, 2.05) is 19.1 Å². The molecule has 17 heavy (non-hydrogen) atoms. The van der Waals surface area contributed by atoms with Crippen LogP contribution in [-0.2, 0) is 0 Å². The van der Waals surface area contributed by atoms with Crippen molar-refractivity contribution in [1.29, 1.82) is 0 Å². The molecule has 1 rings (SSSR count). The summed E-state index contributed by atoms with van der Waals surface area (Å²) in [6.07, 6.45) is 1.01. The van der Waals surface area contributed by atoms with Gasteiger partial charge in [0, 0.05) is 18.6 Å². The fourth-order valence-electron chi connectivity index (χ4n) is 1.94. The van der Waals surface area contributed by atoms with E-state index < -0.39 is 0 Å². The molecule has 1 aromatic carbocycles. The number of anilines is 1. The van der Waals surface area contributed by atoms with E-state index in [0.717, 1.165) is 18.5 Å². The molecule has 3 heteroatoms. The highest BCUT2D eigenvalue weighted by Crippen LogP contribution is 2.24. The SMILES string of the molecule is CCCN(c1ccc([C@H](C)N)cc1F)C(C)C. The number of hydrogen-bond donors (Lipinski definition) is 1. The smallest absolute Gasteiger partial charge is 0.146 e. The lowest BCUT2D eigenvalue weighted by atomic mass is 10.1. The van der Waals surface area contributed by atoms with Crippen LogP contribution in [0.1, 0.15) is 45.7 Å². The summed E-state index contributed by atoms with van der Waals surface area (Å²) in [6.45, 7) is 8.99. The molecule has 0 heterocycles. The summed E-state index contributed by atoms with van der Waals surface area (Å²) in [7, 11) is 0. The quantitative estimate of drug-likeness (QED) is 0.851. The average molecular weight is 238 g/mol. The van der Waals surface area contributed by atoms with Gasteiger partial charge in [-0.25, -0.2) is 4.39 Å². The first-order valence-electron chi connectivity index (χ1n) is 6.29. The zero-order valence-corrected chi connectivity index (χ0v) is 11.2. The minimum Gasteiger partial charge on any atom is -0.367 e. The van der Waals surface area contributed by atoms with Crippen LogP contribution in [0.15, 0.2) is 18.2 Å². The summed E-state index contributed by atoms with van der Waals surface area (Å²) >= 11 is 0. The Morgan fingerprint density at radius 2 is 1.94 bits per heavy atom. The molecule has 0 aliphatic carbocycles. The van der Waals surface area contributed by atoms with Crippen molar-refractivity contribution in [2.45, 2.75) is 46.2 Å². The number of benzene rings is 1. The Bertz CT molecular complexity index is 361. The lowest BCUT2D eigenvalue weighted by molar-refractivity contribution is 0.593. The number of nitrogens with two attached hydrogens (primary N) is 1. The number of nitrogens with zero attached hydrogens (tertiary/aromatic N) is 1. The molecule has 0 fully saturated rings. The van der Waals surface area contributed by atoms with Crippen molar-refractivity contribution < 1.29 is 4.39 Å². The van der Waals surface area contributed by atoms with Gasteiger partial charge in [-0.2, -0.15) is 0 Å². The maximum Gasteiger partial charge on any atom is 0.146 e. The van der Waals surface area contributed by atoms with E-state index in [9.17, 15) is 4.39 Å². The molecule has 1 atom stereocenters. The van der Waals surface area contributed by atoms with Gasteiger partial charge in [0.15, 0.2) is 0 Å². The Morgan fingerprint density at radius 3 is 2.35 bits per heavy atom. The van der Waals surface area contributed by atoms with Crippen LogP contribution in [0.4, 0.5) is 10.1 Å². The molecule has 0 unspecified atom stereocenters. The van der Waals surface area contributed by atoms with Crippen LogP contribution in [0.5, 0.6) is 0 Å². The largest absolute Gasteiger partial charge is 0.367 e. The third-order valence-electron chi connectivity index (χ3n) is 2.89. The van der Waals surface area contributed by atoms with E-state index in [1.54, 1.807) is 6.07 Å². The van der Waals surface area contributed by atoms with Crippen molar-refractivity contribution in [3.63, 3.8) is 0 Å². The third-order valence-corrected chi connectivity index (χ3v) is 2.89. The molecule has 2 N–H and O–H groups in total. The molecule has 0 saturated carbocycles. The molecule has 0 amide bonds. The van der Waals surface area contributed by atoms with Crippen LogP contribution in [0.25, 0.3) is 0 Å². The second-order valence-corrected chi connectivity index (χ2v) is 4.79. The van der Waals surface area contributed by atoms with Gasteiger partial charge in [-0.1, -0.05) is 13.0 Å². The van der Waals surface area contributed by atoms with Gasteiger partial charge in [0.05, 0.1) is 5.69 Å². The molecule has 0 spiro atoms. The zero-order chi connectivity index (χ0) is 13.0. The molecular formula is C14H23FN2. The Hall–Kier alpha value is -1.09. The molecule has 96 valence electrons. The summed E-state index contributed by atoms with van der Waals surface area (Å²) in [5.41, 5.74) is 7.26. The summed E-state index contributed by atoms with van der Waals surface area (Å²) in [6, 6.07) is 5.46. The normalized spacial score (nSPS) is 12.9. The van der Waals surface area contributed by atoms with Crippen LogP contribution in [0.3, 0.4) is 0 Å². The second-order valence-electron chi connectivity index (χ2n) is 4.79. The van der Waals surface area contributed by atoms with Crippen LogP contribution in [0.2, 0.25) is 0 Å². The van der Waals surface area contributed by atoms with E-state index in [-0.39, 0.29) is 11.9 Å². The topological polar surface area (TPSA) is 29.3 Å². The molecule has 0 aromatic heterocycles. The van der Waals surface area contributed by atoms with Gasteiger partial charge >= 0.3 is 0 Å². The second kappa shape index (κ2) is 6.01. The summed E-state index contributed by atoms with van der Waals surface area (Å²) in [5.74, 6) is -0.179. The highest BCUT2D eigenvalue weighted by Gasteiger charge is 2.14. The van der Waals surface area contributed by atoms with Gasteiger partial charge in [-0.3, -0.25) is 0 Å². The van der Waals surface area contributed by atoms with E-state index in [0.29, 0.717) is 11.7 Å². The first-order chi connectivity index (χ1) is 7.97. The predicted octanol–water partition coefficient (Wildman–Crippen LogP) is 3.47. The van der Waals surface area contributed by atoms with Crippen molar-refractivity contribution in [2.75, 3.05) is 11.4 Å². The standard InChI is InChI=1S/C14H23FN2/c1-5-8-17(10(2)3)14-7-6-12(11(4)16)9-13(14)15/h6-7,9-11H,5,8,16H2,1-4H3/t11-/m0/s1. The predicted molar refractivity (Wildman–Crippen MR) is 71.8 cm³/mol. The van der Waals surface area contributed by atoms with Crippen LogP contribution in [-0.4, -0.2) is 12.6 Å². The monoisotopic (exact) mass is 238 g/mol. The van der Waals surface area contributed by atoms with E-state index >= 15 is 0 Å². The minimum atomic E-state index is -0.179. The number of rotatable bonds is 5. The highest BCUT2D eigenvalue weighted by molar-refractivity contribution is 5.50. The van der Waals surface area contributed by atoms with Crippen molar-refractivity contribution in [3.8, 4) is 0 Å². The van der Waals surface area contributed by atoms with E-state index in [1.165, 1.54) is 0 Å². The van der Waals surface area contributed by atoms with Gasteiger partial charge in [0.2, 0.25) is 0 Å². The van der Waals surface area contributed by atoms with Gasteiger partial charge in [0.25, 0.3) is 0 Å². The summed E-state index contributed by atoms with van der Waals surface area (Å²) in [4.78, 5) is 2.08. The van der Waals surface area contributed by atoms with Crippen molar-refractivity contribution >= 4 is 5.69 Å². The Labute approximate surface area is 104 Å². The molecule has 0 bridgehead atoms. The number of hydrogen-bond acceptors (Lipinski definition) is 2. The molecular weight excluding hydrogens is 215 g/mol. The lowest BCUT2D eigenvalue weighted by Gasteiger charge is -2.29. The van der Waals surface area contributed by atoms with Crippen LogP contribution in [0, 0.1) is 5.82 Å². The Kier molecular flexibility index (Phi) is 4.94. The van der Waals surface area contributed by atoms with Gasteiger partial charge in [-0.05, 0) is 44.9 Å². The maximum atomic E-state index is 14.0. The van der Waals surface area contributed by atoms with Crippen LogP contribution < -0.4 is 10.6 Å². The van der Waals surface area contributed by atoms with Crippen molar-refractivity contribution in [1.82, 2.24) is 0 Å². The van der Waals surface area contributed by atoms with Gasteiger partial charge in [-0.15, -0.1) is 0 Å². The molecule has 0 radical (unpaired) electrons. The first-order valence-corrected chi connectivity index (χ1v) is 6.29. The van der Waals surface area contributed by atoms with Crippen LogP contribution >= 0.6 is 0 Å². The fraction of sp³-hybridized carbons (Fsp3) is 0.571. The zero-order valence-electron chi connectivity index (χ0n) is 11.2. The van der Waals surface area contributed by atoms with E-state index in [2.05, 4.69) is 25.7 Å². The maximum absolute atomic E-state index is 14.0. The Morgan fingerprint density at radius 1 is 1.29 bits per heavy atom.